The first-order chi connectivity index (χ1) is 16.9. The molecule has 2 aromatic heterocycles. The zero-order valence-electron chi connectivity index (χ0n) is 20.3. The molecule has 0 aliphatic rings. The number of benzene rings is 2. The van der Waals surface area contributed by atoms with E-state index in [2.05, 4.69) is 37.5 Å². The Labute approximate surface area is 203 Å². The molecule has 0 bridgehead atoms. The molecular weight excluding hydrogens is 447 g/mol. The van der Waals surface area contributed by atoms with E-state index in [0.717, 1.165) is 27.6 Å². The standard InChI is InChI=1S/C26H31FN6O2/c1-4-23(25-29-30-31-33(25)15-19-6-8-22(27)9-7-19)32(10-5-11-34)16-21-14-20-13-17(2)12-18(3)24(20)28-26(21)35/h6-9,12-14,23,34H,4-5,10-11,15-16H2,1-3H3,(H,28,35)/t23-/m0/s1. The van der Waals surface area contributed by atoms with Gasteiger partial charge in [0.15, 0.2) is 5.82 Å². The monoisotopic (exact) mass is 478 g/mol. The number of aliphatic hydroxyl groups excluding tert-OH is 1. The number of fused-ring (bicyclic) bond motifs is 1. The average molecular weight is 479 g/mol. The van der Waals surface area contributed by atoms with Gasteiger partial charge in [0, 0.05) is 25.3 Å². The molecule has 0 saturated carbocycles. The summed E-state index contributed by atoms with van der Waals surface area (Å²) in [5.41, 5.74) is 4.43. The number of hydrogen-bond donors (Lipinski definition) is 2. The first-order valence-electron chi connectivity index (χ1n) is 11.9. The van der Waals surface area contributed by atoms with Crippen molar-refractivity contribution in [3.8, 4) is 0 Å². The molecule has 2 heterocycles. The van der Waals surface area contributed by atoms with Crippen LogP contribution in [0.1, 0.15) is 53.9 Å². The second-order valence-electron chi connectivity index (χ2n) is 8.96. The zero-order chi connectivity index (χ0) is 24.9. The van der Waals surface area contributed by atoms with Crippen LogP contribution in [0.4, 0.5) is 4.39 Å². The minimum absolute atomic E-state index is 0.0416. The molecule has 0 radical (unpaired) electrons. The number of halogens is 1. The summed E-state index contributed by atoms with van der Waals surface area (Å²) >= 11 is 0. The lowest BCUT2D eigenvalue weighted by Crippen LogP contribution is -2.34. The van der Waals surface area contributed by atoms with Crippen LogP contribution in [0, 0.1) is 19.7 Å². The summed E-state index contributed by atoms with van der Waals surface area (Å²) in [5.74, 6) is 0.372. The molecule has 4 rings (SSSR count). The zero-order valence-corrected chi connectivity index (χ0v) is 20.3. The highest BCUT2D eigenvalue weighted by molar-refractivity contribution is 5.82. The van der Waals surface area contributed by atoms with E-state index >= 15 is 0 Å². The largest absolute Gasteiger partial charge is 0.396 e. The summed E-state index contributed by atoms with van der Waals surface area (Å²) in [4.78, 5) is 18.2. The molecule has 0 amide bonds. The van der Waals surface area contributed by atoms with Gasteiger partial charge in [0.2, 0.25) is 0 Å². The van der Waals surface area contributed by atoms with Crippen molar-refractivity contribution >= 4 is 10.9 Å². The number of pyridine rings is 1. The molecule has 2 N–H and O–H groups in total. The maximum absolute atomic E-state index is 13.3. The van der Waals surface area contributed by atoms with Crippen molar-refractivity contribution in [1.29, 1.82) is 0 Å². The summed E-state index contributed by atoms with van der Waals surface area (Å²) in [6, 6.07) is 12.2. The molecule has 1 atom stereocenters. The van der Waals surface area contributed by atoms with Gasteiger partial charge in [-0.3, -0.25) is 9.69 Å². The lowest BCUT2D eigenvalue weighted by molar-refractivity contribution is 0.152. The van der Waals surface area contributed by atoms with Crippen molar-refractivity contribution in [3.05, 3.63) is 86.7 Å². The number of rotatable bonds is 10. The van der Waals surface area contributed by atoms with Crippen LogP contribution < -0.4 is 5.56 Å². The Bertz CT molecular complexity index is 1350. The second kappa shape index (κ2) is 10.9. The van der Waals surface area contributed by atoms with Gasteiger partial charge in [-0.15, -0.1) is 5.10 Å². The number of nitrogens with one attached hydrogen (secondary N) is 1. The van der Waals surface area contributed by atoms with Crippen molar-refractivity contribution in [2.45, 2.75) is 52.7 Å². The number of H-pyrrole nitrogens is 1. The molecule has 0 fully saturated rings. The SMILES string of the molecule is CC[C@@H](c1nnnn1Cc1ccc(F)cc1)N(CCCO)Cc1cc2cc(C)cc(C)c2[nH]c1=O. The van der Waals surface area contributed by atoms with E-state index < -0.39 is 0 Å². The van der Waals surface area contributed by atoms with E-state index in [4.69, 9.17) is 0 Å². The Hall–Kier alpha value is -3.43. The summed E-state index contributed by atoms with van der Waals surface area (Å²) in [5, 5.41) is 22.9. The Morgan fingerprint density at radius 1 is 1.17 bits per heavy atom. The number of aromatic amines is 1. The number of nitrogens with zero attached hydrogens (tertiary/aromatic N) is 5. The molecule has 2 aromatic carbocycles. The van der Waals surface area contributed by atoms with E-state index in [0.29, 0.717) is 43.9 Å². The third-order valence-corrected chi connectivity index (χ3v) is 6.28. The minimum atomic E-state index is -0.293. The van der Waals surface area contributed by atoms with Crippen LogP contribution in [0.25, 0.3) is 10.9 Å². The predicted molar refractivity (Wildman–Crippen MR) is 133 cm³/mol. The van der Waals surface area contributed by atoms with Gasteiger partial charge in [0.25, 0.3) is 5.56 Å². The van der Waals surface area contributed by atoms with Gasteiger partial charge in [0.05, 0.1) is 18.1 Å². The van der Waals surface area contributed by atoms with E-state index in [1.165, 1.54) is 12.1 Å². The summed E-state index contributed by atoms with van der Waals surface area (Å²) in [6.45, 7) is 7.49. The number of aromatic nitrogens is 5. The lowest BCUT2D eigenvalue weighted by atomic mass is 10.0. The fourth-order valence-corrected chi connectivity index (χ4v) is 4.62. The Balaban J connectivity index is 1.66. The summed E-state index contributed by atoms with van der Waals surface area (Å²) in [7, 11) is 0. The van der Waals surface area contributed by atoms with Crippen LogP contribution in [-0.4, -0.2) is 48.3 Å². The fraction of sp³-hybridized carbons (Fsp3) is 0.385. The minimum Gasteiger partial charge on any atom is -0.396 e. The molecule has 35 heavy (non-hydrogen) atoms. The van der Waals surface area contributed by atoms with Crippen molar-refractivity contribution in [2.24, 2.45) is 0 Å². The predicted octanol–water partition coefficient (Wildman–Crippen LogP) is 3.65. The third kappa shape index (κ3) is 5.63. The van der Waals surface area contributed by atoms with Crippen LogP contribution >= 0.6 is 0 Å². The first kappa shape index (κ1) is 24.7. The molecule has 0 aliphatic carbocycles. The van der Waals surface area contributed by atoms with Crippen LogP contribution in [0.5, 0.6) is 0 Å². The van der Waals surface area contributed by atoms with Crippen molar-refractivity contribution in [3.63, 3.8) is 0 Å². The highest BCUT2D eigenvalue weighted by atomic mass is 19.1. The number of hydrogen-bond acceptors (Lipinski definition) is 6. The molecule has 0 spiro atoms. The highest BCUT2D eigenvalue weighted by Crippen LogP contribution is 2.26. The normalized spacial score (nSPS) is 12.5. The van der Waals surface area contributed by atoms with Gasteiger partial charge < -0.3 is 10.1 Å². The molecule has 0 unspecified atom stereocenters. The van der Waals surface area contributed by atoms with Gasteiger partial charge >= 0.3 is 0 Å². The van der Waals surface area contributed by atoms with Crippen LogP contribution in [0.15, 0.2) is 47.3 Å². The van der Waals surface area contributed by atoms with E-state index in [-0.39, 0.29) is 24.0 Å². The maximum Gasteiger partial charge on any atom is 0.252 e. The molecule has 184 valence electrons. The van der Waals surface area contributed by atoms with Crippen LogP contribution in [-0.2, 0) is 13.1 Å². The van der Waals surface area contributed by atoms with Gasteiger partial charge in [-0.1, -0.05) is 30.7 Å². The highest BCUT2D eigenvalue weighted by Gasteiger charge is 2.25. The Morgan fingerprint density at radius 2 is 1.94 bits per heavy atom. The number of aryl methyl sites for hydroxylation is 2. The Kier molecular flexibility index (Phi) is 7.67. The van der Waals surface area contributed by atoms with Crippen LogP contribution in [0.2, 0.25) is 0 Å². The lowest BCUT2D eigenvalue weighted by Gasteiger charge is -2.30. The maximum atomic E-state index is 13.3. The molecule has 4 aromatic rings. The smallest absolute Gasteiger partial charge is 0.252 e. The fourth-order valence-electron chi connectivity index (χ4n) is 4.62. The molecule has 0 saturated heterocycles. The number of tetrazole rings is 1. The van der Waals surface area contributed by atoms with E-state index in [1.54, 1.807) is 16.8 Å². The van der Waals surface area contributed by atoms with Crippen LogP contribution in [0.3, 0.4) is 0 Å². The molecule has 9 heteroatoms. The second-order valence-corrected chi connectivity index (χ2v) is 8.96. The van der Waals surface area contributed by atoms with Crippen molar-refractivity contribution in [1.82, 2.24) is 30.1 Å². The summed E-state index contributed by atoms with van der Waals surface area (Å²) < 4.78 is 15.0. The Morgan fingerprint density at radius 3 is 2.66 bits per heavy atom. The van der Waals surface area contributed by atoms with Gasteiger partial charge in [-0.2, -0.15) is 0 Å². The quantitative estimate of drug-likeness (QED) is 0.361. The molecule has 0 aliphatic heterocycles. The van der Waals surface area contributed by atoms with E-state index in [1.807, 2.05) is 26.8 Å². The summed E-state index contributed by atoms with van der Waals surface area (Å²) in [6.07, 6.45) is 1.26. The average Bonchev–Trinajstić information content (AvgIpc) is 3.28. The first-order valence-corrected chi connectivity index (χ1v) is 11.9. The van der Waals surface area contributed by atoms with Gasteiger partial charge in [-0.05, 0) is 77.9 Å². The molecular formula is C26H31FN6O2. The van der Waals surface area contributed by atoms with Crippen molar-refractivity contribution in [2.75, 3.05) is 13.2 Å². The van der Waals surface area contributed by atoms with E-state index in [9.17, 15) is 14.3 Å². The topological polar surface area (TPSA) is 99.9 Å². The number of aliphatic hydroxyl groups is 1. The van der Waals surface area contributed by atoms with Gasteiger partial charge in [0.1, 0.15) is 5.82 Å². The van der Waals surface area contributed by atoms with Crippen molar-refractivity contribution < 1.29 is 9.50 Å². The third-order valence-electron chi connectivity index (χ3n) is 6.28. The molecule has 8 nitrogen and oxygen atoms in total. The van der Waals surface area contributed by atoms with Gasteiger partial charge in [-0.25, -0.2) is 9.07 Å².